The zero-order valence-corrected chi connectivity index (χ0v) is 17.0. The van der Waals surface area contributed by atoms with Crippen molar-refractivity contribution in [2.75, 3.05) is 11.9 Å². The lowest BCUT2D eigenvalue weighted by Gasteiger charge is -2.41. The topological polar surface area (TPSA) is 95.6 Å². The molecule has 2 saturated heterocycles. The van der Waals surface area contributed by atoms with Crippen LogP contribution < -0.4 is 10.1 Å². The summed E-state index contributed by atoms with van der Waals surface area (Å²) in [6, 6.07) is 1.73. The molecule has 3 aliphatic rings. The minimum atomic E-state index is -0.331. The lowest BCUT2D eigenvalue weighted by atomic mass is 9.62. The molecule has 2 aliphatic heterocycles. The number of nitrogens with one attached hydrogen (secondary N) is 1. The minimum absolute atomic E-state index is 0.0249. The zero-order valence-electron chi connectivity index (χ0n) is 17.0. The van der Waals surface area contributed by atoms with Gasteiger partial charge in [0.1, 0.15) is 5.56 Å². The SMILES string of the molecule is CC(C)Oc1nc2nc(C34COC(C)(C3)C4)cn2cc1C(=O)Nc1ccn(C)n1. The van der Waals surface area contributed by atoms with Gasteiger partial charge < -0.3 is 14.8 Å². The van der Waals surface area contributed by atoms with Gasteiger partial charge in [-0.05, 0) is 33.6 Å². The Hall–Kier alpha value is -2.94. The van der Waals surface area contributed by atoms with Crippen molar-refractivity contribution in [1.29, 1.82) is 0 Å². The Bertz CT molecular complexity index is 1110. The molecule has 1 amide bonds. The highest BCUT2D eigenvalue weighted by Crippen LogP contribution is 2.58. The van der Waals surface area contributed by atoms with Crippen molar-refractivity contribution in [2.24, 2.45) is 7.05 Å². The summed E-state index contributed by atoms with van der Waals surface area (Å²) in [5.41, 5.74) is 1.22. The summed E-state index contributed by atoms with van der Waals surface area (Å²) in [4.78, 5) is 22.2. The van der Waals surface area contributed by atoms with Crippen molar-refractivity contribution >= 4 is 17.5 Å². The van der Waals surface area contributed by atoms with E-state index >= 15 is 0 Å². The lowest BCUT2D eigenvalue weighted by molar-refractivity contribution is 0.0154. The summed E-state index contributed by atoms with van der Waals surface area (Å²) in [5.74, 6) is 0.911. The van der Waals surface area contributed by atoms with Crippen LogP contribution in [0.1, 0.15) is 49.7 Å². The number of aromatic nitrogens is 5. The van der Waals surface area contributed by atoms with Crippen LogP contribution in [0.5, 0.6) is 5.88 Å². The van der Waals surface area contributed by atoms with Crippen LogP contribution in [0.2, 0.25) is 0 Å². The molecular weight excluding hydrogens is 372 g/mol. The van der Waals surface area contributed by atoms with Crippen LogP contribution >= 0.6 is 0 Å². The Labute approximate surface area is 168 Å². The summed E-state index contributed by atoms with van der Waals surface area (Å²) >= 11 is 0. The Morgan fingerprint density at radius 2 is 2.10 bits per heavy atom. The molecule has 2 bridgehead atoms. The first-order valence-electron chi connectivity index (χ1n) is 9.77. The Morgan fingerprint density at radius 3 is 2.72 bits per heavy atom. The first-order chi connectivity index (χ1) is 13.8. The zero-order chi connectivity index (χ0) is 20.4. The van der Waals surface area contributed by atoms with Gasteiger partial charge in [0.15, 0.2) is 5.82 Å². The largest absolute Gasteiger partial charge is 0.474 e. The number of aryl methyl sites for hydroxylation is 1. The predicted molar refractivity (Wildman–Crippen MR) is 105 cm³/mol. The van der Waals surface area contributed by atoms with E-state index in [1.165, 1.54) is 0 Å². The van der Waals surface area contributed by atoms with Crippen LogP contribution in [0, 0.1) is 0 Å². The molecule has 29 heavy (non-hydrogen) atoms. The fourth-order valence-electron chi connectivity index (χ4n) is 4.45. The van der Waals surface area contributed by atoms with E-state index in [4.69, 9.17) is 14.5 Å². The first kappa shape index (κ1) is 18.1. The van der Waals surface area contributed by atoms with Crippen LogP contribution in [-0.2, 0) is 17.2 Å². The average molecular weight is 396 g/mol. The van der Waals surface area contributed by atoms with Crippen molar-refractivity contribution in [3.8, 4) is 5.88 Å². The molecule has 0 atom stereocenters. The molecule has 0 aromatic carbocycles. The Balaban J connectivity index is 1.52. The number of hydrogen-bond acceptors (Lipinski definition) is 6. The number of imidazole rings is 1. The molecule has 3 fully saturated rings. The molecule has 0 spiro atoms. The molecule has 0 unspecified atom stereocenters. The third-order valence-corrected chi connectivity index (χ3v) is 5.63. The maximum Gasteiger partial charge on any atom is 0.263 e. The third-order valence-electron chi connectivity index (χ3n) is 5.63. The van der Waals surface area contributed by atoms with Gasteiger partial charge in [-0.1, -0.05) is 0 Å². The third kappa shape index (κ3) is 2.96. The van der Waals surface area contributed by atoms with Crippen molar-refractivity contribution in [3.63, 3.8) is 0 Å². The molecule has 9 heteroatoms. The number of anilines is 1. The van der Waals surface area contributed by atoms with E-state index in [0.29, 0.717) is 23.8 Å². The summed E-state index contributed by atoms with van der Waals surface area (Å²) in [6.07, 6.45) is 7.24. The number of amides is 1. The summed E-state index contributed by atoms with van der Waals surface area (Å²) in [6.45, 7) is 6.61. The Morgan fingerprint density at radius 1 is 1.31 bits per heavy atom. The van der Waals surface area contributed by atoms with Crippen molar-refractivity contribution in [2.45, 2.75) is 50.7 Å². The van der Waals surface area contributed by atoms with Gasteiger partial charge in [0.25, 0.3) is 5.91 Å². The molecule has 3 aromatic rings. The van der Waals surface area contributed by atoms with Gasteiger partial charge in [-0.2, -0.15) is 10.1 Å². The van der Waals surface area contributed by atoms with Crippen LogP contribution in [0.25, 0.3) is 5.78 Å². The average Bonchev–Trinajstić information content (AvgIpc) is 3.36. The van der Waals surface area contributed by atoms with Crippen LogP contribution in [0.15, 0.2) is 24.7 Å². The van der Waals surface area contributed by atoms with Gasteiger partial charge in [-0.15, -0.1) is 0 Å². The smallest absolute Gasteiger partial charge is 0.263 e. The maximum absolute atomic E-state index is 12.9. The molecule has 0 radical (unpaired) electrons. The van der Waals surface area contributed by atoms with Gasteiger partial charge in [-0.3, -0.25) is 13.9 Å². The second-order valence-corrected chi connectivity index (χ2v) is 8.66. The predicted octanol–water partition coefficient (Wildman–Crippen LogP) is 2.32. The molecule has 6 rings (SSSR count). The highest BCUT2D eigenvalue weighted by molar-refractivity contribution is 6.05. The highest BCUT2D eigenvalue weighted by atomic mass is 16.5. The monoisotopic (exact) mass is 396 g/mol. The highest BCUT2D eigenvalue weighted by Gasteiger charge is 2.61. The van der Waals surface area contributed by atoms with Crippen molar-refractivity contribution < 1.29 is 14.3 Å². The number of ether oxygens (including phenoxy) is 2. The minimum Gasteiger partial charge on any atom is -0.474 e. The number of nitrogens with zero attached hydrogens (tertiary/aromatic N) is 5. The van der Waals surface area contributed by atoms with Gasteiger partial charge >= 0.3 is 0 Å². The second kappa shape index (κ2) is 6.03. The van der Waals surface area contributed by atoms with Crippen LogP contribution in [-0.4, -0.2) is 48.4 Å². The van der Waals surface area contributed by atoms with E-state index in [1.54, 1.807) is 34.6 Å². The fourth-order valence-corrected chi connectivity index (χ4v) is 4.45. The first-order valence-corrected chi connectivity index (χ1v) is 9.77. The van der Waals surface area contributed by atoms with E-state index in [2.05, 4.69) is 22.3 Å². The van der Waals surface area contributed by atoms with Gasteiger partial charge in [0.2, 0.25) is 11.7 Å². The maximum atomic E-state index is 12.9. The molecule has 3 aromatic heterocycles. The number of carbonyl (C=O) groups is 1. The summed E-state index contributed by atoms with van der Waals surface area (Å²) < 4.78 is 15.2. The quantitative estimate of drug-likeness (QED) is 0.711. The fraction of sp³-hybridized carbons (Fsp3) is 0.500. The number of rotatable bonds is 5. The van der Waals surface area contributed by atoms with E-state index in [1.807, 2.05) is 20.0 Å². The Kier molecular flexibility index (Phi) is 3.76. The number of fused-ring (bicyclic) bond motifs is 2. The van der Waals surface area contributed by atoms with Crippen molar-refractivity contribution in [1.82, 2.24) is 24.1 Å². The van der Waals surface area contributed by atoms with Gasteiger partial charge in [0.05, 0.1) is 24.0 Å². The molecule has 5 heterocycles. The van der Waals surface area contributed by atoms with E-state index in [-0.39, 0.29) is 28.9 Å². The summed E-state index contributed by atoms with van der Waals surface area (Å²) in [7, 11) is 1.79. The molecule has 152 valence electrons. The van der Waals surface area contributed by atoms with Crippen LogP contribution in [0.3, 0.4) is 0 Å². The van der Waals surface area contributed by atoms with E-state index in [9.17, 15) is 4.79 Å². The number of hydrogen-bond donors (Lipinski definition) is 1. The summed E-state index contributed by atoms with van der Waals surface area (Å²) in [5, 5.41) is 6.99. The normalized spacial score (nSPS) is 25.4. The van der Waals surface area contributed by atoms with Crippen molar-refractivity contribution in [3.05, 3.63) is 35.9 Å². The molecule has 1 N–H and O–H groups in total. The molecule has 9 nitrogen and oxygen atoms in total. The van der Waals surface area contributed by atoms with Gasteiger partial charge in [0, 0.05) is 37.1 Å². The molecule has 1 aliphatic carbocycles. The second-order valence-electron chi connectivity index (χ2n) is 8.66. The molecule has 1 saturated carbocycles. The van der Waals surface area contributed by atoms with E-state index in [0.717, 1.165) is 18.5 Å². The number of carbonyl (C=O) groups excluding carboxylic acids is 1. The van der Waals surface area contributed by atoms with E-state index < -0.39 is 0 Å². The molecular formula is C20H24N6O3. The van der Waals surface area contributed by atoms with Crippen LogP contribution in [0.4, 0.5) is 5.82 Å². The lowest BCUT2D eigenvalue weighted by Crippen LogP contribution is -2.45. The van der Waals surface area contributed by atoms with Gasteiger partial charge in [-0.25, -0.2) is 4.98 Å². The standard InChI is InChI=1S/C20H24N6O3/c1-12(2)29-17-13(16(27)22-15-5-6-25(4)24-15)7-26-8-14(21-18(26)23-17)20-9-19(3,10-20)28-11-20/h5-8,12H,9-11H2,1-4H3,(H,22,24,27).